The molecule has 2 unspecified atom stereocenters. The average molecular weight is 266 g/mol. The molecule has 3 N–H and O–H groups in total. The maximum atomic E-state index is 10.9. The standard InChI is InChI=1S/C9H9Cl2NO4/c10-2-6(13)8(14)5-3-12-7(11)1-4(5)9(15)16/h1,3,6,8,13-14H,2H2,(H,15,16). The molecular weight excluding hydrogens is 257 g/mol. The van der Waals surface area contributed by atoms with Gasteiger partial charge in [0.1, 0.15) is 11.3 Å². The highest BCUT2D eigenvalue weighted by atomic mass is 35.5. The molecule has 0 aliphatic rings. The summed E-state index contributed by atoms with van der Waals surface area (Å²) in [6.07, 6.45) is -1.57. The number of aliphatic hydroxyl groups is 2. The fraction of sp³-hybridized carbons (Fsp3) is 0.333. The zero-order valence-electron chi connectivity index (χ0n) is 7.97. The molecule has 0 saturated heterocycles. The molecule has 0 aromatic carbocycles. The second kappa shape index (κ2) is 5.45. The first-order valence-electron chi connectivity index (χ1n) is 4.28. The maximum absolute atomic E-state index is 10.9. The fourth-order valence-electron chi connectivity index (χ4n) is 1.15. The van der Waals surface area contributed by atoms with E-state index in [1.54, 1.807) is 0 Å². The Hall–Kier alpha value is -0.880. The van der Waals surface area contributed by atoms with Gasteiger partial charge in [0.15, 0.2) is 0 Å². The predicted molar refractivity (Wildman–Crippen MR) is 57.9 cm³/mol. The molecule has 0 amide bonds. The quantitative estimate of drug-likeness (QED) is 0.560. The number of nitrogens with zero attached hydrogens (tertiary/aromatic N) is 1. The van der Waals surface area contributed by atoms with Crippen LogP contribution in [0.3, 0.4) is 0 Å². The van der Waals surface area contributed by atoms with Crippen LogP contribution in [0, 0.1) is 0 Å². The van der Waals surface area contributed by atoms with E-state index in [1.807, 2.05) is 0 Å². The summed E-state index contributed by atoms with van der Waals surface area (Å²) in [5, 5.41) is 27.8. The van der Waals surface area contributed by atoms with Gasteiger partial charge in [0, 0.05) is 11.8 Å². The predicted octanol–water partition coefficient (Wildman–Crippen LogP) is 1.07. The number of aromatic nitrogens is 1. The number of carbonyl (C=O) groups is 1. The molecule has 16 heavy (non-hydrogen) atoms. The number of carboxylic acids is 1. The third-order valence-corrected chi connectivity index (χ3v) is 2.50. The van der Waals surface area contributed by atoms with E-state index in [1.165, 1.54) is 0 Å². The van der Waals surface area contributed by atoms with Crippen molar-refractivity contribution in [1.29, 1.82) is 0 Å². The van der Waals surface area contributed by atoms with Gasteiger partial charge < -0.3 is 15.3 Å². The van der Waals surface area contributed by atoms with Crippen LogP contribution < -0.4 is 0 Å². The second-order valence-electron chi connectivity index (χ2n) is 3.07. The van der Waals surface area contributed by atoms with E-state index >= 15 is 0 Å². The number of alkyl halides is 1. The Morgan fingerprint density at radius 1 is 1.50 bits per heavy atom. The van der Waals surface area contributed by atoms with E-state index in [4.69, 9.17) is 28.3 Å². The fourth-order valence-corrected chi connectivity index (χ4v) is 1.48. The van der Waals surface area contributed by atoms with Crippen LogP contribution in [-0.2, 0) is 0 Å². The molecule has 0 saturated carbocycles. The van der Waals surface area contributed by atoms with E-state index < -0.39 is 18.2 Å². The Balaban J connectivity index is 3.17. The van der Waals surface area contributed by atoms with Gasteiger partial charge in [0.25, 0.3) is 0 Å². The lowest BCUT2D eigenvalue weighted by Gasteiger charge is -2.17. The highest BCUT2D eigenvalue weighted by Crippen LogP contribution is 2.23. The van der Waals surface area contributed by atoms with Gasteiger partial charge in [-0.25, -0.2) is 9.78 Å². The summed E-state index contributed by atoms with van der Waals surface area (Å²) in [5.74, 6) is -1.48. The zero-order chi connectivity index (χ0) is 12.3. The van der Waals surface area contributed by atoms with E-state index in [0.29, 0.717) is 0 Å². The Kier molecular flexibility index (Phi) is 4.49. The molecule has 0 radical (unpaired) electrons. The summed E-state index contributed by atoms with van der Waals surface area (Å²) >= 11 is 10.9. The molecule has 0 bridgehead atoms. The zero-order valence-corrected chi connectivity index (χ0v) is 9.48. The molecule has 1 aromatic rings. The lowest BCUT2D eigenvalue weighted by molar-refractivity contribution is 0.0310. The van der Waals surface area contributed by atoms with Crippen LogP contribution in [0.4, 0.5) is 0 Å². The molecule has 0 aliphatic heterocycles. The van der Waals surface area contributed by atoms with Crippen LogP contribution in [0.2, 0.25) is 5.15 Å². The molecule has 88 valence electrons. The summed E-state index contributed by atoms with van der Waals surface area (Å²) in [4.78, 5) is 14.5. The number of aliphatic hydroxyl groups excluding tert-OH is 2. The van der Waals surface area contributed by atoms with Gasteiger partial charge in [-0.2, -0.15) is 0 Å². The first-order valence-corrected chi connectivity index (χ1v) is 5.19. The topological polar surface area (TPSA) is 90.7 Å². The molecule has 2 atom stereocenters. The monoisotopic (exact) mass is 265 g/mol. The Morgan fingerprint density at radius 2 is 2.12 bits per heavy atom. The van der Waals surface area contributed by atoms with E-state index in [9.17, 15) is 15.0 Å². The maximum Gasteiger partial charge on any atom is 0.336 e. The second-order valence-corrected chi connectivity index (χ2v) is 3.76. The van der Waals surface area contributed by atoms with Gasteiger partial charge in [-0.1, -0.05) is 11.6 Å². The van der Waals surface area contributed by atoms with Gasteiger partial charge in [0.05, 0.1) is 17.5 Å². The molecule has 5 nitrogen and oxygen atoms in total. The Bertz CT molecular complexity index is 399. The molecule has 1 aromatic heterocycles. The molecule has 0 spiro atoms. The van der Waals surface area contributed by atoms with E-state index in [2.05, 4.69) is 4.98 Å². The number of halogens is 2. The van der Waals surface area contributed by atoms with Gasteiger partial charge >= 0.3 is 5.97 Å². The summed E-state index contributed by atoms with van der Waals surface area (Å²) in [6, 6.07) is 1.10. The number of carboxylic acid groups (broad SMARTS) is 1. The average Bonchev–Trinajstić information content (AvgIpc) is 2.26. The number of hydrogen-bond donors (Lipinski definition) is 3. The van der Waals surface area contributed by atoms with Gasteiger partial charge in [-0.05, 0) is 6.07 Å². The number of aromatic carboxylic acids is 1. The van der Waals surface area contributed by atoms with Crippen LogP contribution >= 0.6 is 23.2 Å². The lowest BCUT2D eigenvalue weighted by Crippen LogP contribution is -2.22. The highest BCUT2D eigenvalue weighted by molar-refractivity contribution is 6.29. The Labute approximate surface area is 101 Å². The van der Waals surface area contributed by atoms with Gasteiger partial charge in [-0.3, -0.25) is 0 Å². The summed E-state index contributed by atoms with van der Waals surface area (Å²) < 4.78 is 0. The molecule has 7 heteroatoms. The van der Waals surface area contributed by atoms with Crippen LogP contribution in [0.5, 0.6) is 0 Å². The first-order chi connectivity index (χ1) is 7.47. The molecule has 1 heterocycles. The molecular formula is C9H9Cl2NO4. The third kappa shape index (κ3) is 2.82. The minimum Gasteiger partial charge on any atom is -0.478 e. The SMILES string of the molecule is O=C(O)c1cc(Cl)ncc1C(O)C(O)CCl. The van der Waals surface area contributed by atoms with Crippen LogP contribution in [0.25, 0.3) is 0 Å². The van der Waals surface area contributed by atoms with Gasteiger partial charge in [-0.15, -0.1) is 11.6 Å². The third-order valence-electron chi connectivity index (χ3n) is 1.97. The van der Waals surface area contributed by atoms with Crippen molar-refractivity contribution < 1.29 is 20.1 Å². The first kappa shape index (κ1) is 13.2. The normalized spacial score (nSPS) is 14.5. The van der Waals surface area contributed by atoms with Crippen molar-refractivity contribution in [2.45, 2.75) is 12.2 Å². The number of rotatable bonds is 4. The van der Waals surface area contributed by atoms with Crippen LogP contribution in [-0.4, -0.2) is 38.3 Å². The smallest absolute Gasteiger partial charge is 0.336 e. The van der Waals surface area contributed by atoms with Crippen LogP contribution in [0.15, 0.2) is 12.3 Å². The summed E-state index contributed by atoms with van der Waals surface area (Å²) in [6.45, 7) is 0. The summed E-state index contributed by atoms with van der Waals surface area (Å²) in [7, 11) is 0. The number of pyridine rings is 1. The lowest BCUT2D eigenvalue weighted by atomic mass is 10.0. The highest BCUT2D eigenvalue weighted by Gasteiger charge is 2.23. The van der Waals surface area contributed by atoms with Gasteiger partial charge in [0.2, 0.25) is 0 Å². The van der Waals surface area contributed by atoms with Crippen LogP contribution in [0.1, 0.15) is 22.0 Å². The Morgan fingerprint density at radius 3 is 2.62 bits per heavy atom. The van der Waals surface area contributed by atoms with Crippen molar-refractivity contribution >= 4 is 29.2 Å². The van der Waals surface area contributed by atoms with E-state index in [-0.39, 0.29) is 22.2 Å². The molecule has 0 fully saturated rings. The largest absolute Gasteiger partial charge is 0.478 e. The van der Waals surface area contributed by atoms with Crippen molar-refractivity contribution in [3.05, 3.63) is 28.5 Å². The van der Waals surface area contributed by atoms with Crippen molar-refractivity contribution in [3.8, 4) is 0 Å². The van der Waals surface area contributed by atoms with Crippen molar-refractivity contribution in [1.82, 2.24) is 4.98 Å². The minimum atomic E-state index is -1.41. The van der Waals surface area contributed by atoms with Crippen molar-refractivity contribution in [2.24, 2.45) is 0 Å². The minimum absolute atomic E-state index is 0.00582. The molecule has 1 rings (SSSR count). The van der Waals surface area contributed by atoms with E-state index in [0.717, 1.165) is 12.3 Å². The van der Waals surface area contributed by atoms with Crippen molar-refractivity contribution in [2.75, 3.05) is 5.88 Å². The molecule has 0 aliphatic carbocycles. The van der Waals surface area contributed by atoms with Crippen molar-refractivity contribution in [3.63, 3.8) is 0 Å². The number of hydrogen-bond acceptors (Lipinski definition) is 4. The summed E-state index contributed by atoms with van der Waals surface area (Å²) in [5.41, 5.74) is -0.235.